The van der Waals surface area contributed by atoms with Gasteiger partial charge in [0.25, 0.3) is 5.92 Å². The molecule has 0 saturated heterocycles. The van der Waals surface area contributed by atoms with Gasteiger partial charge in [-0.3, -0.25) is 19.2 Å². The number of aromatic nitrogens is 1. The Balaban J connectivity index is 2.14. The number of H-pyrrole nitrogens is 1. The molecule has 1 aromatic carbocycles. The maximum atomic E-state index is 12.1. The molecule has 2 rings (SSSR count). The van der Waals surface area contributed by atoms with Crippen molar-refractivity contribution in [2.24, 2.45) is 5.92 Å². The van der Waals surface area contributed by atoms with Crippen LogP contribution in [0.1, 0.15) is 16.1 Å². The van der Waals surface area contributed by atoms with Crippen molar-refractivity contribution in [2.45, 2.75) is 0 Å². The highest BCUT2D eigenvalue weighted by Crippen LogP contribution is 2.16. The zero-order valence-electron chi connectivity index (χ0n) is 11.6. The number of aromatic amines is 1. The van der Waals surface area contributed by atoms with Crippen LogP contribution in [0.4, 0.5) is 0 Å². The minimum atomic E-state index is -2.34. The predicted molar refractivity (Wildman–Crippen MR) is 75.1 cm³/mol. The number of hydrogen-bond acceptors (Lipinski definition) is 5. The zero-order chi connectivity index (χ0) is 17.0. The van der Waals surface area contributed by atoms with Gasteiger partial charge in [0.05, 0.1) is 5.69 Å². The smallest absolute Gasteiger partial charge is 0.338 e. The SMILES string of the molecule is O=C(c1ccccc1)c1ccc(OC(=O)C(C(=O)O)C(=O)O)[nH]1. The van der Waals surface area contributed by atoms with Crippen molar-refractivity contribution in [3.8, 4) is 5.88 Å². The standard InChI is InChI=1S/C15H11NO7/c17-12(8-4-2-1-3-5-8)9-6-7-10(16-9)23-15(22)11(13(18)19)14(20)21/h1-7,11,16H,(H,18,19)(H,20,21). The van der Waals surface area contributed by atoms with Crippen LogP contribution in [0.5, 0.6) is 5.88 Å². The van der Waals surface area contributed by atoms with Gasteiger partial charge in [-0.1, -0.05) is 30.3 Å². The molecule has 0 bridgehead atoms. The van der Waals surface area contributed by atoms with Gasteiger partial charge in [0, 0.05) is 11.6 Å². The summed E-state index contributed by atoms with van der Waals surface area (Å²) in [7, 11) is 0. The third-order valence-corrected chi connectivity index (χ3v) is 2.88. The van der Waals surface area contributed by atoms with E-state index in [4.69, 9.17) is 10.2 Å². The molecule has 1 heterocycles. The molecule has 0 aliphatic carbocycles. The molecule has 8 nitrogen and oxygen atoms in total. The Bertz CT molecular complexity index is 749. The average Bonchev–Trinajstić information content (AvgIpc) is 2.95. The number of carbonyl (C=O) groups excluding carboxylic acids is 2. The van der Waals surface area contributed by atoms with Crippen molar-refractivity contribution in [1.29, 1.82) is 0 Å². The number of ether oxygens (including phenoxy) is 1. The van der Waals surface area contributed by atoms with E-state index >= 15 is 0 Å². The summed E-state index contributed by atoms with van der Waals surface area (Å²) in [5.74, 6) is -8.07. The van der Waals surface area contributed by atoms with Crippen LogP contribution in [0.2, 0.25) is 0 Å². The first-order chi connectivity index (χ1) is 10.9. The molecule has 0 fully saturated rings. The molecule has 0 unspecified atom stereocenters. The first-order valence-electron chi connectivity index (χ1n) is 6.36. The Labute approximate surface area is 129 Å². The Morgan fingerprint density at radius 3 is 2.09 bits per heavy atom. The van der Waals surface area contributed by atoms with E-state index < -0.39 is 23.8 Å². The van der Waals surface area contributed by atoms with Gasteiger partial charge >= 0.3 is 17.9 Å². The van der Waals surface area contributed by atoms with E-state index in [1.165, 1.54) is 12.1 Å². The minimum absolute atomic E-state index is 0.112. The molecular formula is C15H11NO7. The van der Waals surface area contributed by atoms with Crippen LogP contribution in [0.25, 0.3) is 0 Å². The fraction of sp³-hybridized carbons (Fsp3) is 0.0667. The molecule has 8 heteroatoms. The summed E-state index contributed by atoms with van der Waals surface area (Å²) in [6, 6.07) is 10.9. The lowest BCUT2D eigenvalue weighted by molar-refractivity contribution is -0.162. The number of nitrogens with one attached hydrogen (secondary N) is 1. The fourth-order valence-corrected chi connectivity index (χ4v) is 1.79. The van der Waals surface area contributed by atoms with E-state index in [1.807, 2.05) is 0 Å². The number of rotatable bonds is 6. The number of carbonyl (C=O) groups is 4. The molecule has 0 aliphatic rings. The third kappa shape index (κ3) is 3.62. The lowest BCUT2D eigenvalue weighted by atomic mass is 10.1. The van der Waals surface area contributed by atoms with Crippen LogP contribution in [0.3, 0.4) is 0 Å². The predicted octanol–water partition coefficient (Wildman–Crippen LogP) is 0.936. The van der Waals surface area contributed by atoms with E-state index in [2.05, 4.69) is 9.72 Å². The van der Waals surface area contributed by atoms with Crippen LogP contribution < -0.4 is 4.74 Å². The molecule has 3 N–H and O–H groups in total. The van der Waals surface area contributed by atoms with Crippen molar-refractivity contribution in [2.75, 3.05) is 0 Å². The van der Waals surface area contributed by atoms with Crippen molar-refractivity contribution < 1.29 is 34.1 Å². The summed E-state index contributed by atoms with van der Waals surface area (Å²) in [5, 5.41) is 17.4. The van der Waals surface area contributed by atoms with E-state index in [1.54, 1.807) is 30.3 Å². The summed E-state index contributed by atoms with van der Waals surface area (Å²) >= 11 is 0. The van der Waals surface area contributed by atoms with Gasteiger partial charge in [0.15, 0.2) is 0 Å². The molecule has 2 aromatic rings. The summed E-state index contributed by atoms with van der Waals surface area (Å²) in [6.45, 7) is 0. The molecule has 0 atom stereocenters. The molecule has 0 spiro atoms. The first kappa shape index (κ1) is 16.0. The molecule has 0 saturated carbocycles. The van der Waals surface area contributed by atoms with E-state index in [0.29, 0.717) is 5.56 Å². The van der Waals surface area contributed by atoms with Crippen LogP contribution in [-0.4, -0.2) is 38.9 Å². The minimum Gasteiger partial charge on any atom is -0.480 e. The highest BCUT2D eigenvalue weighted by atomic mass is 16.5. The number of ketones is 1. The normalized spacial score (nSPS) is 10.3. The maximum Gasteiger partial charge on any atom is 0.338 e. The summed E-state index contributed by atoms with van der Waals surface area (Å²) in [6.07, 6.45) is 0. The number of carboxylic acids is 2. The van der Waals surface area contributed by atoms with Gasteiger partial charge in [-0.25, -0.2) is 0 Å². The fourth-order valence-electron chi connectivity index (χ4n) is 1.79. The Hall–Kier alpha value is -3.42. The lowest BCUT2D eigenvalue weighted by Crippen LogP contribution is -2.34. The number of hydrogen-bond donors (Lipinski definition) is 3. The largest absolute Gasteiger partial charge is 0.480 e. The van der Waals surface area contributed by atoms with Crippen molar-refractivity contribution >= 4 is 23.7 Å². The van der Waals surface area contributed by atoms with Crippen LogP contribution in [0.15, 0.2) is 42.5 Å². The Morgan fingerprint density at radius 2 is 1.52 bits per heavy atom. The molecule has 118 valence electrons. The van der Waals surface area contributed by atoms with Crippen LogP contribution >= 0.6 is 0 Å². The van der Waals surface area contributed by atoms with Crippen LogP contribution in [-0.2, 0) is 14.4 Å². The molecule has 0 aliphatic heterocycles. The van der Waals surface area contributed by atoms with E-state index in [-0.39, 0.29) is 17.4 Å². The van der Waals surface area contributed by atoms with Gasteiger partial charge < -0.3 is 19.9 Å². The molecular weight excluding hydrogens is 306 g/mol. The molecule has 23 heavy (non-hydrogen) atoms. The molecule has 0 amide bonds. The number of benzene rings is 1. The quantitative estimate of drug-likeness (QED) is 0.410. The lowest BCUT2D eigenvalue weighted by Gasteiger charge is -2.06. The zero-order valence-corrected chi connectivity index (χ0v) is 11.6. The van der Waals surface area contributed by atoms with E-state index in [9.17, 15) is 19.2 Å². The number of aliphatic carboxylic acids is 2. The summed E-state index contributed by atoms with van der Waals surface area (Å²) in [4.78, 5) is 47.6. The average molecular weight is 317 g/mol. The van der Waals surface area contributed by atoms with Gasteiger partial charge in [0.2, 0.25) is 11.7 Å². The van der Waals surface area contributed by atoms with Gasteiger partial charge in [-0.15, -0.1) is 0 Å². The molecule has 0 radical (unpaired) electrons. The highest BCUT2D eigenvalue weighted by molar-refractivity contribution is 6.12. The number of esters is 1. The highest BCUT2D eigenvalue weighted by Gasteiger charge is 2.36. The topological polar surface area (TPSA) is 134 Å². The second-order valence-electron chi connectivity index (χ2n) is 4.46. The second-order valence-corrected chi connectivity index (χ2v) is 4.46. The molecule has 1 aromatic heterocycles. The van der Waals surface area contributed by atoms with Crippen molar-refractivity contribution in [1.82, 2.24) is 4.98 Å². The van der Waals surface area contributed by atoms with Crippen LogP contribution in [0, 0.1) is 5.92 Å². The number of carboxylic acid groups (broad SMARTS) is 2. The monoisotopic (exact) mass is 317 g/mol. The third-order valence-electron chi connectivity index (χ3n) is 2.88. The van der Waals surface area contributed by atoms with Crippen molar-refractivity contribution in [3.05, 3.63) is 53.7 Å². The Kier molecular flexibility index (Phi) is 4.55. The summed E-state index contributed by atoms with van der Waals surface area (Å²) in [5.41, 5.74) is 0.516. The summed E-state index contributed by atoms with van der Waals surface area (Å²) < 4.78 is 4.66. The van der Waals surface area contributed by atoms with Gasteiger partial charge in [-0.2, -0.15) is 0 Å². The van der Waals surface area contributed by atoms with E-state index in [0.717, 1.165) is 0 Å². The first-order valence-corrected chi connectivity index (χ1v) is 6.36. The Morgan fingerprint density at radius 1 is 0.913 bits per heavy atom. The maximum absolute atomic E-state index is 12.1. The second kappa shape index (κ2) is 6.56. The van der Waals surface area contributed by atoms with Crippen molar-refractivity contribution in [3.63, 3.8) is 0 Å². The van der Waals surface area contributed by atoms with Gasteiger partial charge in [-0.05, 0) is 6.07 Å². The van der Waals surface area contributed by atoms with Gasteiger partial charge in [0.1, 0.15) is 0 Å².